The Morgan fingerprint density at radius 2 is 1.84 bits per heavy atom. The largest absolute Gasteiger partial charge is 0.465 e. The molecule has 0 amide bonds. The van der Waals surface area contributed by atoms with Gasteiger partial charge in [0, 0.05) is 5.69 Å². The molecule has 1 heterocycles. The number of carbonyl (C=O) groups is 1. The summed E-state index contributed by atoms with van der Waals surface area (Å²) in [7, 11) is -3.32. The van der Waals surface area contributed by atoms with Crippen molar-refractivity contribution in [2.75, 3.05) is 17.6 Å². The molecule has 136 valence electrons. The highest BCUT2D eigenvalue weighted by molar-refractivity contribution is 7.92. The molecule has 1 aromatic heterocycles. The van der Waals surface area contributed by atoms with Gasteiger partial charge in [-0.25, -0.2) is 13.2 Å². The number of thiophene rings is 1. The molecule has 0 aliphatic heterocycles. The van der Waals surface area contributed by atoms with Crippen molar-refractivity contribution in [1.82, 2.24) is 0 Å². The van der Waals surface area contributed by atoms with E-state index in [2.05, 4.69) is 4.74 Å². The van der Waals surface area contributed by atoms with Crippen molar-refractivity contribution in [3.05, 3.63) is 40.6 Å². The first kappa shape index (κ1) is 19.1. The Bertz CT molecular complexity index is 844. The van der Waals surface area contributed by atoms with E-state index in [4.69, 9.17) is 4.74 Å². The molecular weight excluding hydrogens is 383 g/mol. The Labute approximate surface area is 145 Å². The van der Waals surface area contributed by atoms with Gasteiger partial charge in [0.15, 0.2) is 16.4 Å². The Morgan fingerprint density at radius 3 is 2.40 bits per heavy atom. The quantitative estimate of drug-likeness (QED) is 0.756. The van der Waals surface area contributed by atoms with E-state index in [0.29, 0.717) is 0 Å². The number of alkyl halides is 3. The van der Waals surface area contributed by atoms with E-state index in [1.807, 2.05) is 4.72 Å². The second kappa shape index (κ2) is 7.31. The molecule has 2 rings (SSSR count). The summed E-state index contributed by atoms with van der Waals surface area (Å²) in [5, 5.41) is 1.63. The van der Waals surface area contributed by atoms with E-state index in [1.54, 1.807) is 11.4 Å². The highest BCUT2D eigenvalue weighted by Crippen LogP contribution is 2.31. The van der Waals surface area contributed by atoms with Crippen LogP contribution in [0.15, 0.2) is 35.7 Å². The lowest BCUT2D eigenvalue weighted by atomic mass is 10.3. The third-order valence-electron chi connectivity index (χ3n) is 2.71. The number of methoxy groups -OCH3 is 1. The Hall–Kier alpha value is -2.27. The number of hydrogen-bond acceptors (Lipinski definition) is 6. The second-order valence-corrected chi connectivity index (χ2v) is 7.35. The molecule has 0 unspecified atom stereocenters. The van der Waals surface area contributed by atoms with Crippen LogP contribution in [-0.4, -0.2) is 33.4 Å². The molecule has 0 saturated heterocycles. The van der Waals surface area contributed by atoms with Crippen molar-refractivity contribution in [1.29, 1.82) is 0 Å². The van der Waals surface area contributed by atoms with Crippen molar-refractivity contribution in [2.45, 2.75) is 6.18 Å². The summed E-state index contributed by atoms with van der Waals surface area (Å²) in [6, 6.07) is 6.74. The average Bonchev–Trinajstić information content (AvgIpc) is 2.93. The van der Waals surface area contributed by atoms with E-state index in [9.17, 15) is 26.4 Å². The van der Waals surface area contributed by atoms with Gasteiger partial charge >= 0.3 is 12.1 Å². The average molecular weight is 395 g/mol. The van der Waals surface area contributed by atoms with Crippen molar-refractivity contribution in [2.24, 2.45) is 0 Å². The van der Waals surface area contributed by atoms with Gasteiger partial charge in [-0.05, 0) is 35.7 Å². The summed E-state index contributed by atoms with van der Waals surface area (Å²) in [5.74, 6) is -2.03. The van der Waals surface area contributed by atoms with Gasteiger partial charge in [-0.2, -0.15) is 13.2 Å². The molecule has 1 aromatic carbocycles. The Balaban J connectivity index is 2.08. The molecule has 25 heavy (non-hydrogen) atoms. The van der Waals surface area contributed by atoms with Crippen molar-refractivity contribution in [3.8, 4) is 11.5 Å². The minimum atomic E-state index is -4.84. The molecule has 1 N–H and O–H groups in total. The maximum Gasteiger partial charge on any atom is 0.404 e. The van der Waals surface area contributed by atoms with Crippen LogP contribution < -0.4 is 9.46 Å². The van der Waals surface area contributed by atoms with E-state index in [-0.39, 0.29) is 22.1 Å². The first-order chi connectivity index (χ1) is 11.6. The molecule has 0 atom stereocenters. The molecule has 2 aromatic rings. The van der Waals surface area contributed by atoms with Crippen LogP contribution in [0.4, 0.5) is 18.9 Å². The fourth-order valence-electron chi connectivity index (χ4n) is 1.77. The van der Waals surface area contributed by atoms with Gasteiger partial charge in [0.25, 0.3) is 0 Å². The lowest BCUT2D eigenvalue weighted by Crippen LogP contribution is -2.27. The van der Waals surface area contributed by atoms with E-state index < -0.39 is 27.9 Å². The molecular formula is C14H12F3NO5S2. The maximum absolute atomic E-state index is 12.2. The highest BCUT2D eigenvalue weighted by atomic mass is 32.2. The van der Waals surface area contributed by atoms with Gasteiger partial charge in [0.2, 0.25) is 10.0 Å². The van der Waals surface area contributed by atoms with Crippen LogP contribution >= 0.6 is 11.3 Å². The number of sulfonamides is 1. The fourth-order valence-corrected chi connectivity index (χ4v) is 3.50. The van der Waals surface area contributed by atoms with Crippen LogP contribution in [0.3, 0.4) is 0 Å². The second-order valence-electron chi connectivity index (χ2n) is 4.71. The summed E-state index contributed by atoms with van der Waals surface area (Å²) in [6.07, 6.45) is -4.84. The fraction of sp³-hybridized carbons (Fsp3) is 0.214. The summed E-state index contributed by atoms with van der Waals surface area (Å²) < 4.78 is 71.3. The monoisotopic (exact) mass is 395 g/mol. The van der Waals surface area contributed by atoms with Crippen LogP contribution in [0.25, 0.3) is 0 Å². The lowest BCUT2D eigenvalue weighted by Gasteiger charge is -2.11. The van der Waals surface area contributed by atoms with Gasteiger partial charge in [-0.1, -0.05) is 0 Å². The molecule has 0 radical (unpaired) electrons. The van der Waals surface area contributed by atoms with Crippen molar-refractivity contribution < 1.29 is 35.9 Å². The molecule has 0 aliphatic rings. The zero-order chi connectivity index (χ0) is 18.7. The number of ether oxygens (including phenoxy) is 2. The summed E-state index contributed by atoms with van der Waals surface area (Å²) in [6.45, 7) is 0. The molecule has 0 bridgehead atoms. The molecule has 0 fully saturated rings. The first-order valence-corrected chi connectivity index (χ1v) is 9.14. The number of rotatable bonds is 6. The van der Waals surface area contributed by atoms with Gasteiger partial charge in [0.05, 0.1) is 7.11 Å². The molecule has 0 saturated carbocycles. The Morgan fingerprint density at radius 1 is 1.20 bits per heavy atom. The zero-order valence-electron chi connectivity index (χ0n) is 12.7. The van der Waals surface area contributed by atoms with Crippen molar-refractivity contribution in [3.63, 3.8) is 0 Å². The van der Waals surface area contributed by atoms with E-state index in [0.717, 1.165) is 11.3 Å². The van der Waals surface area contributed by atoms with E-state index >= 15 is 0 Å². The van der Waals surface area contributed by atoms with Gasteiger partial charge in [-0.15, -0.1) is 11.3 Å². The summed E-state index contributed by atoms with van der Waals surface area (Å²) in [5.41, 5.74) is -0.0462. The maximum atomic E-state index is 12.2. The number of anilines is 1. The van der Waals surface area contributed by atoms with Crippen LogP contribution in [0.2, 0.25) is 0 Å². The normalized spacial score (nSPS) is 11.8. The SMILES string of the molecule is COC(=O)c1sccc1Oc1ccc(NS(=O)(=O)CC(F)(F)F)cc1. The third kappa shape index (κ3) is 5.64. The summed E-state index contributed by atoms with van der Waals surface area (Å²) >= 11 is 1.12. The smallest absolute Gasteiger partial charge is 0.404 e. The minimum absolute atomic E-state index is 0.0462. The zero-order valence-corrected chi connectivity index (χ0v) is 14.3. The molecule has 6 nitrogen and oxygen atoms in total. The minimum Gasteiger partial charge on any atom is -0.465 e. The number of benzene rings is 1. The number of halogens is 3. The predicted octanol–water partition coefficient (Wildman–Crippen LogP) is 3.63. The third-order valence-corrected chi connectivity index (χ3v) is 4.84. The van der Waals surface area contributed by atoms with Gasteiger partial charge in [-0.3, -0.25) is 4.72 Å². The number of nitrogens with one attached hydrogen (secondary N) is 1. The molecule has 11 heteroatoms. The number of esters is 1. The molecule has 0 aliphatic carbocycles. The Kier molecular flexibility index (Phi) is 5.58. The standard InChI is InChI=1S/C14H12F3NO5S2/c1-22-13(19)12-11(6-7-24-12)23-10-4-2-9(3-5-10)18-25(20,21)8-14(15,16)17/h2-7,18H,8H2,1H3. The van der Waals surface area contributed by atoms with E-state index in [1.165, 1.54) is 31.4 Å². The number of hydrogen-bond donors (Lipinski definition) is 1. The lowest BCUT2D eigenvalue weighted by molar-refractivity contribution is -0.106. The van der Waals surface area contributed by atoms with Crippen LogP contribution in [0, 0.1) is 0 Å². The van der Waals surface area contributed by atoms with Crippen LogP contribution in [-0.2, 0) is 14.8 Å². The van der Waals surface area contributed by atoms with Gasteiger partial charge in [0.1, 0.15) is 5.75 Å². The molecule has 0 spiro atoms. The predicted molar refractivity (Wildman–Crippen MR) is 85.6 cm³/mol. The van der Waals surface area contributed by atoms with Gasteiger partial charge < -0.3 is 9.47 Å². The highest BCUT2D eigenvalue weighted by Gasteiger charge is 2.35. The number of carbonyl (C=O) groups excluding carboxylic acids is 1. The topological polar surface area (TPSA) is 81.7 Å². The summed E-state index contributed by atoms with van der Waals surface area (Å²) in [4.78, 5) is 11.8. The first-order valence-electron chi connectivity index (χ1n) is 6.60. The van der Waals surface area contributed by atoms with Crippen molar-refractivity contribution >= 4 is 33.0 Å². The van der Waals surface area contributed by atoms with Crippen LogP contribution in [0.5, 0.6) is 11.5 Å². The van der Waals surface area contributed by atoms with Crippen LogP contribution in [0.1, 0.15) is 9.67 Å².